The van der Waals surface area contributed by atoms with Gasteiger partial charge in [0.2, 0.25) is 5.91 Å². The molecule has 0 saturated carbocycles. The molecule has 1 N–H and O–H groups in total. The number of Topliss-reactive ketones (excluding diaryl/α,β-unsaturated/α-hetero) is 1. The molecule has 2 fully saturated rings. The minimum absolute atomic E-state index is 0. The Kier molecular flexibility index (Phi) is 6.29. The van der Waals surface area contributed by atoms with Crippen LogP contribution in [-0.2, 0) is 4.79 Å². The highest BCUT2D eigenvalue weighted by molar-refractivity contribution is 5.97. The molecule has 2 heterocycles. The summed E-state index contributed by atoms with van der Waals surface area (Å²) in [6.07, 6.45) is 3.32. The molecule has 2 unspecified atom stereocenters. The van der Waals surface area contributed by atoms with Crippen molar-refractivity contribution in [3.63, 3.8) is 0 Å². The standard InChI is InChI=1S/C17H20F2N2O2.ClH/c18-14-4-1-11(9-15(14)19)16(22)5-6-17(23)21-8-7-12-2-3-13(10-21)20-12;/h1,4,9,12-13,20H,2-3,5-8,10H2;1H. The summed E-state index contributed by atoms with van der Waals surface area (Å²) in [6.45, 7) is 1.40. The van der Waals surface area contributed by atoms with Crippen molar-refractivity contribution in [2.24, 2.45) is 0 Å². The highest BCUT2D eigenvalue weighted by Crippen LogP contribution is 2.21. The van der Waals surface area contributed by atoms with Crippen LogP contribution >= 0.6 is 12.4 Å². The lowest BCUT2D eigenvalue weighted by atomic mass is 10.0. The van der Waals surface area contributed by atoms with Gasteiger partial charge in [-0.1, -0.05) is 0 Å². The molecular formula is C17H21ClF2N2O2. The van der Waals surface area contributed by atoms with Gasteiger partial charge >= 0.3 is 0 Å². The molecule has 132 valence electrons. The molecule has 0 aliphatic carbocycles. The molecule has 2 aliphatic heterocycles. The summed E-state index contributed by atoms with van der Waals surface area (Å²) in [5, 5.41) is 3.50. The minimum atomic E-state index is -1.04. The lowest BCUT2D eigenvalue weighted by Crippen LogP contribution is -2.39. The third-order valence-electron chi connectivity index (χ3n) is 4.68. The number of ketones is 1. The Morgan fingerprint density at radius 2 is 1.83 bits per heavy atom. The summed E-state index contributed by atoms with van der Waals surface area (Å²) < 4.78 is 26.0. The zero-order valence-corrected chi connectivity index (χ0v) is 14.1. The van der Waals surface area contributed by atoms with E-state index in [-0.39, 0.29) is 42.5 Å². The Bertz CT molecular complexity index is 627. The van der Waals surface area contributed by atoms with Gasteiger partial charge in [-0.2, -0.15) is 0 Å². The molecule has 4 nitrogen and oxygen atoms in total. The number of fused-ring (bicyclic) bond motifs is 2. The van der Waals surface area contributed by atoms with Crippen LogP contribution in [0.3, 0.4) is 0 Å². The van der Waals surface area contributed by atoms with Gasteiger partial charge in [-0.25, -0.2) is 8.78 Å². The lowest BCUT2D eigenvalue weighted by Gasteiger charge is -2.24. The topological polar surface area (TPSA) is 49.4 Å². The molecule has 0 spiro atoms. The van der Waals surface area contributed by atoms with Crippen LogP contribution in [0.15, 0.2) is 18.2 Å². The summed E-state index contributed by atoms with van der Waals surface area (Å²) >= 11 is 0. The quantitative estimate of drug-likeness (QED) is 0.842. The number of nitrogens with one attached hydrogen (secondary N) is 1. The van der Waals surface area contributed by atoms with Crippen LogP contribution in [0.25, 0.3) is 0 Å². The van der Waals surface area contributed by atoms with Crippen LogP contribution in [0.2, 0.25) is 0 Å². The van der Waals surface area contributed by atoms with E-state index in [9.17, 15) is 18.4 Å². The van der Waals surface area contributed by atoms with Gasteiger partial charge in [0.15, 0.2) is 17.4 Å². The molecule has 7 heteroatoms. The molecule has 1 amide bonds. The summed E-state index contributed by atoms with van der Waals surface area (Å²) in [4.78, 5) is 26.1. The van der Waals surface area contributed by atoms with Crippen molar-refractivity contribution < 1.29 is 18.4 Å². The fourth-order valence-electron chi connectivity index (χ4n) is 3.36. The van der Waals surface area contributed by atoms with Crippen LogP contribution in [0, 0.1) is 11.6 Å². The van der Waals surface area contributed by atoms with Crippen molar-refractivity contribution in [2.45, 2.75) is 44.2 Å². The minimum Gasteiger partial charge on any atom is -0.341 e. The second-order valence-corrected chi connectivity index (χ2v) is 6.32. The molecule has 2 atom stereocenters. The van der Waals surface area contributed by atoms with Gasteiger partial charge in [0.05, 0.1) is 0 Å². The predicted molar refractivity (Wildman–Crippen MR) is 88.3 cm³/mol. The van der Waals surface area contributed by atoms with E-state index < -0.39 is 11.6 Å². The third-order valence-corrected chi connectivity index (χ3v) is 4.68. The van der Waals surface area contributed by atoms with Crippen molar-refractivity contribution in [3.8, 4) is 0 Å². The molecule has 0 aromatic heterocycles. The Balaban J connectivity index is 0.00000208. The summed E-state index contributed by atoms with van der Waals surface area (Å²) in [5.74, 6) is -2.41. The van der Waals surface area contributed by atoms with E-state index in [1.165, 1.54) is 12.5 Å². The molecule has 0 radical (unpaired) electrons. The molecule has 1 aromatic rings. The van der Waals surface area contributed by atoms with E-state index in [0.29, 0.717) is 25.2 Å². The number of halogens is 3. The van der Waals surface area contributed by atoms with E-state index in [1.807, 2.05) is 4.90 Å². The van der Waals surface area contributed by atoms with Gasteiger partial charge in [0, 0.05) is 43.6 Å². The summed E-state index contributed by atoms with van der Waals surface area (Å²) in [5.41, 5.74) is 0.105. The van der Waals surface area contributed by atoms with Crippen LogP contribution in [0.4, 0.5) is 8.78 Å². The third kappa shape index (κ3) is 4.30. The molecular weight excluding hydrogens is 338 g/mol. The highest BCUT2D eigenvalue weighted by Gasteiger charge is 2.31. The van der Waals surface area contributed by atoms with E-state index in [1.54, 1.807) is 0 Å². The molecule has 2 bridgehead atoms. The summed E-state index contributed by atoms with van der Waals surface area (Å²) in [6, 6.07) is 3.92. The number of carbonyl (C=O) groups excluding carboxylic acids is 2. The maximum atomic E-state index is 13.2. The van der Waals surface area contributed by atoms with Crippen LogP contribution in [0.5, 0.6) is 0 Å². The van der Waals surface area contributed by atoms with Crippen molar-refractivity contribution in [2.75, 3.05) is 13.1 Å². The first-order valence-corrected chi connectivity index (χ1v) is 8.05. The average Bonchev–Trinajstić information content (AvgIpc) is 2.86. The number of hydrogen-bond donors (Lipinski definition) is 1. The SMILES string of the molecule is Cl.O=C(CCC(=O)N1CCC2CCC(C1)N2)c1ccc(F)c(F)c1. The number of hydrogen-bond acceptors (Lipinski definition) is 3. The van der Waals surface area contributed by atoms with Crippen LogP contribution in [0.1, 0.15) is 42.5 Å². The lowest BCUT2D eigenvalue weighted by molar-refractivity contribution is -0.131. The van der Waals surface area contributed by atoms with Crippen molar-refractivity contribution in [3.05, 3.63) is 35.4 Å². The second kappa shape index (κ2) is 8.03. The van der Waals surface area contributed by atoms with E-state index >= 15 is 0 Å². The molecule has 2 aliphatic rings. The smallest absolute Gasteiger partial charge is 0.223 e. The average molecular weight is 359 g/mol. The maximum absolute atomic E-state index is 13.2. The number of rotatable bonds is 4. The van der Waals surface area contributed by atoms with Crippen molar-refractivity contribution >= 4 is 24.1 Å². The van der Waals surface area contributed by atoms with Gasteiger partial charge in [0.1, 0.15) is 0 Å². The Hall–Kier alpha value is -1.53. The highest BCUT2D eigenvalue weighted by atomic mass is 35.5. The zero-order valence-electron chi connectivity index (χ0n) is 13.3. The maximum Gasteiger partial charge on any atom is 0.223 e. The summed E-state index contributed by atoms with van der Waals surface area (Å²) in [7, 11) is 0. The van der Waals surface area contributed by atoms with Gasteiger partial charge < -0.3 is 10.2 Å². The largest absolute Gasteiger partial charge is 0.341 e. The fraction of sp³-hybridized carbons (Fsp3) is 0.529. The zero-order chi connectivity index (χ0) is 16.4. The first-order valence-electron chi connectivity index (χ1n) is 8.05. The molecule has 24 heavy (non-hydrogen) atoms. The van der Waals surface area contributed by atoms with Crippen LogP contribution < -0.4 is 5.32 Å². The van der Waals surface area contributed by atoms with Crippen molar-refractivity contribution in [1.82, 2.24) is 10.2 Å². The first-order chi connectivity index (χ1) is 11.0. The van der Waals surface area contributed by atoms with E-state index in [2.05, 4.69) is 5.32 Å². The number of amides is 1. The van der Waals surface area contributed by atoms with Gasteiger partial charge in [0.25, 0.3) is 0 Å². The Morgan fingerprint density at radius 3 is 2.58 bits per heavy atom. The molecule has 2 saturated heterocycles. The van der Waals surface area contributed by atoms with Crippen LogP contribution in [-0.4, -0.2) is 41.8 Å². The molecule has 1 aromatic carbocycles. The van der Waals surface area contributed by atoms with Gasteiger partial charge in [-0.05, 0) is 37.5 Å². The number of nitrogens with zero attached hydrogens (tertiary/aromatic N) is 1. The van der Waals surface area contributed by atoms with E-state index in [4.69, 9.17) is 0 Å². The van der Waals surface area contributed by atoms with Gasteiger partial charge in [-0.3, -0.25) is 9.59 Å². The Morgan fingerprint density at radius 1 is 1.08 bits per heavy atom. The number of carbonyl (C=O) groups is 2. The van der Waals surface area contributed by atoms with Crippen molar-refractivity contribution in [1.29, 1.82) is 0 Å². The predicted octanol–water partition coefficient (Wildman–Crippen LogP) is 2.70. The second-order valence-electron chi connectivity index (χ2n) is 6.32. The number of benzene rings is 1. The fourth-order valence-corrected chi connectivity index (χ4v) is 3.36. The normalized spacial score (nSPS) is 22.7. The molecule has 3 rings (SSSR count). The van der Waals surface area contributed by atoms with Gasteiger partial charge in [-0.15, -0.1) is 12.4 Å². The van der Waals surface area contributed by atoms with E-state index in [0.717, 1.165) is 25.0 Å². The number of likely N-dealkylation sites (tertiary alicyclic amines) is 1. The monoisotopic (exact) mass is 358 g/mol. The Labute approximate surface area is 146 Å². The first kappa shape index (κ1) is 18.8.